The Morgan fingerprint density at radius 3 is 2.53 bits per heavy atom. The van der Waals surface area contributed by atoms with Crippen molar-refractivity contribution in [3.8, 4) is 11.5 Å². The second-order valence-electron chi connectivity index (χ2n) is 3.28. The molecule has 1 heterocycles. The van der Waals surface area contributed by atoms with E-state index in [1.54, 1.807) is 7.05 Å². The molecule has 90 valence electrons. The Morgan fingerprint density at radius 2 is 1.94 bits per heavy atom. The second-order valence-corrected chi connectivity index (χ2v) is 4.19. The standard InChI is InChI=1S/C10H8BrF2N3O/c1-14-4-8-15-16-10(17-8)9-6(12)2-5(11)3-7(9)13/h2-3,14H,4H2,1H3. The Hall–Kier alpha value is -1.34. The highest BCUT2D eigenvalue weighted by Gasteiger charge is 2.18. The Kier molecular flexibility index (Phi) is 3.49. The first-order chi connectivity index (χ1) is 8.11. The molecule has 2 rings (SSSR count). The van der Waals surface area contributed by atoms with Crippen molar-refractivity contribution in [2.45, 2.75) is 6.54 Å². The van der Waals surface area contributed by atoms with E-state index in [4.69, 9.17) is 4.42 Å². The fraction of sp³-hybridized carbons (Fsp3) is 0.200. The van der Waals surface area contributed by atoms with Crippen LogP contribution in [0.15, 0.2) is 21.0 Å². The average molecular weight is 304 g/mol. The Bertz CT molecular complexity index is 521. The smallest absolute Gasteiger partial charge is 0.253 e. The first-order valence-corrected chi connectivity index (χ1v) is 5.53. The summed E-state index contributed by atoms with van der Waals surface area (Å²) >= 11 is 2.99. The van der Waals surface area contributed by atoms with Gasteiger partial charge in [0.1, 0.15) is 17.2 Å². The van der Waals surface area contributed by atoms with Crippen LogP contribution in [-0.2, 0) is 6.54 Å². The molecule has 4 nitrogen and oxygen atoms in total. The van der Waals surface area contributed by atoms with Crippen LogP contribution in [0.1, 0.15) is 5.89 Å². The third kappa shape index (κ3) is 2.50. The van der Waals surface area contributed by atoms with Gasteiger partial charge in [-0.05, 0) is 19.2 Å². The zero-order valence-electron chi connectivity index (χ0n) is 8.80. The van der Waals surface area contributed by atoms with Gasteiger partial charge in [-0.3, -0.25) is 0 Å². The van der Waals surface area contributed by atoms with E-state index in [2.05, 4.69) is 31.4 Å². The molecule has 0 radical (unpaired) electrons. The fourth-order valence-electron chi connectivity index (χ4n) is 1.32. The number of nitrogens with zero attached hydrogens (tertiary/aromatic N) is 2. The number of rotatable bonds is 3. The number of aromatic nitrogens is 2. The van der Waals surface area contributed by atoms with Crippen LogP contribution in [0.4, 0.5) is 8.78 Å². The van der Waals surface area contributed by atoms with Crippen LogP contribution >= 0.6 is 15.9 Å². The molecule has 0 bridgehead atoms. The van der Waals surface area contributed by atoms with Crippen LogP contribution < -0.4 is 5.32 Å². The maximum Gasteiger partial charge on any atom is 0.253 e. The zero-order valence-corrected chi connectivity index (χ0v) is 10.4. The molecule has 0 aliphatic heterocycles. The summed E-state index contributed by atoms with van der Waals surface area (Å²) in [5.41, 5.74) is -0.317. The van der Waals surface area contributed by atoms with Crippen LogP contribution in [-0.4, -0.2) is 17.2 Å². The highest BCUT2D eigenvalue weighted by molar-refractivity contribution is 9.10. The normalized spacial score (nSPS) is 10.8. The van der Waals surface area contributed by atoms with Gasteiger partial charge in [0.25, 0.3) is 5.89 Å². The van der Waals surface area contributed by atoms with Gasteiger partial charge in [-0.2, -0.15) is 0 Å². The molecule has 17 heavy (non-hydrogen) atoms. The lowest BCUT2D eigenvalue weighted by Gasteiger charge is -2.00. The minimum absolute atomic E-state index is 0.169. The van der Waals surface area contributed by atoms with Crippen LogP contribution in [0, 0.1) is 11.6 Å². The molecule has 1 aromatic heterocycles. The first-order valence-electron chi connectivity index (χ1n) is 4.73. The predicted octanol–water partition coefficient (Wildman–Crippen LogP) is 2.50. The summed E-state index contributed by atoms with van der Waals surface area (Å²) in [7, 11) is 1.70. The van der Waals surface area contributed by atoms with Crippen molar-refractivity contribution in [1.29, 1.82) is 0 Å². The van der Waals surface area contributed by atoms with Gasteiger partial charge >= 0.3 is 0 Å². The van der Waals surface area contributed by atoms with Crippen LogP contribution in [0.3, 0.4) is 0 Å². The number of hydrogen-bond acceptors (Lipinski definition) is 4. The summed E-state index contributed by atoms with van der Waals surface area (Å²) in [6.45, 7) is 0.340. The lowest BCUT2D eigenvalue weighted by Crippen LogP contribution is -2.04. The van der Waals surface area contributed by atoms with Gasteiger partial charge in [0, 0.05) is 4.47 Å². The molecule has 1 N–H and O–H groups in total. The van der Waals surface area contributed by atoms with Crippen molar-refractivity contribution < 1.29 is 13.2 Å². The number of halogens is 3. The quantitative estimate of drug-likeness (QED) is 0.946. The van der Waals surface area contributed by atoms with E-state index in [-0.39, 0.29) is 17.3 Å². The van der Waals surface area contributed by atoms with Gasteiger partial charge in [-0.15, -0.1) is 10.2 Å². The van der Waals surface area contributed by atoms with E-state index < -0.39 is 11.6 Å². The molecule has 0 fully saturated rings. The highest BCUT2D eigenvalue weighted by Crippen LogP contribution is 2.27. The Balaban J connectivity index is 2.45. The Labute approximate surface area is 104 Å². The number of nitrogens with one attached hydrogen (secondary N) is 1. The fourth-order valence-corrected chi connectivity index (χ4v) is 1.73. The molecule has 2 aromatic rings. The van der Waals surface area contributed by atoms with Gasteiger partial charge in [-0.25, -0.2) is 8.78 Å². The predicted molar refractivity (Wildman–Crippen MR) is 60.1 cm³/mol. The van der Waals surface area contributed by atoms with Crippen molar-refractivity contribution in [1.82, 2.24) is 15.5 Å². The first kappa shape index (κ1) is 12.1. The van der Waals surface area contributed by atoms with Crippen LogP contribution in [0.5, 0.6) is 0 Å². The summed E-state index contributed by atoms with van der Waals surface area (Å²) in [5, 5.41) is 10.1. The molecule has 0 saturated heterocycles. The summed E-state index contributed by atoms with van der Waals surface area (Å²) in [6.07, 6.45) is 0. The van der Waals surface area contributed by atoms with Gasteiger partial charge in [-0.1, -0.05) is 15.9 Å². The summed E-state index contributed by atoms with van der Waals surface area (Å²) < 4.78 is 32.6. The molecule has 0 aliphatic rings. The van der Waals surface area contributed by atoms with Crippen LogP contribution in [0.25, 0.3) is 11.5 Å². The number of hydrogen-bond donors (Lipinski definition) is 1. The van der Waals surface area contributed by atoms with Crippen molar-refractivity contribution in [2.24, 2.45) is 0 Å². The maximum absolute atomic E-state index is 13.6. The van der Waals surface area contributed by atoms with E-state index >= 15 is 0 Å². The molecular weight excluding hydrogens is 296 g/mol. The summed E-state index contributed by atoms with van der Waals surface area (Å²) in [4.78, 5) is 0. The van der Waals surface area contributed by atoms with Crippen molar-refractivity contribution in [3.63, 3.8) is 0 Å². The van der Waals surface area contributed by atoms with E-state index in [1.807, 2.05) is 0 Å². The van der Waals surface area contributed by atoms with E-state index in [1.165, 1.54) is 0 Å². The molecule has 1 aromatic carbocycles. The monoisotopic (exact) mass is 303 g/mol. The van der Waals surface area contributed by atoms with Crippen molar-refractivity contribution in [3.05, 3.63) is 34.1 Å². The van der Waals surface area contributed by atoms with Crippen LogP contribution in [0.2, 0.25) is 0 Å². The molecule has 0 unspecified atom stereocenters. The average Bonchev–Trinajstić information content (AvgIpc) is 2.65. The molecule has 0 amide bonds. The molecule has 0 aliphatic carbocycles. The van der Waals surface area contributed by atoms with Crippen molar-refractivity contribution in [2.75, 3.05) is 7.05 Å². The SMILES string of the molecule is CNCc1nnc(-c2c(F)cc(Br)cc2F)o1. The maximum atomic E-state index is 13.6. The molecular formula is C10H8BrF2N3O. The van der Waals surface area contributed by atoms with E-state index in [0.29, 0.717) is 11.0 Å². The van der Waals surface area contributed by atoms with Gasteiger partial charge in [0.05, 0.1) is 6.54 Å². The molecule has 0 atom stereocenters. The molecule has 7 heteroatoms. The number of benzene rings is 1. The van der Waals surface area contributed by atoms with Crippen molar-refractivity contribution >= 4 is 15.9 Å². The molecule has 0 saturated carbocycles. The topological polar surface area (TPSA) is 51.0 Å². The summed E-state index contributed by atoms with van der Waals surface area (Å²) in [6, 6.07) is 2.28. The largest absolute Gasteiger partial charge is 0.419 e. The summed E-state index contributed by atoms with van der Waals surface area (Å²) in [5.74, 6) is -1.41. The highest BCUT2D eigenvalue weighted by atomic mass is 79.9. The molecule has 0 spiro atoms. The second kappa shape index (κ2) is 4.89. The van der Waals surface area contributed by atoms with Gasteiger partial charge in [0.15, 0.2) is 0 Å². The van der Waals surface area contributed by atoms with Gasteiger partial charge in [0.2, 0.25) is 5.89 Å². The minimum atomic E-state index is -0.753. The third-order valence-corrected chi connectivity index (χ3v) is 2.47. The zero-order chi connectivity index (χ0) is 12.4. The lowest BCUT2D eigenvalue weighted by molar-refractivity contribution is 0.482. The van der Waals surface area contributed by atoms with Gasteiger partial charge < -0.3 is 9.73 Å². The third-order valence-electron chi connectivity index (χ3n) is 2.02. The minimum Gasteiger partial charge on any atom is -0.419 e. The van der Waals surface area contributed by atoms with E-state index in [9.17, 15) is 8.78 Å². The lowest BCUT2D eigenvalue weighted by atomic mass is 10.2. The van der Waals surface area contributed by atoms with E-state index in [0.717, 1.165) is 12.1 Å². The Morgan fingerprint density at radius 1 is 1.29 bits per heavy atom.